The van der Waals surface area contributed by atoms with Crippen molar-refractivity contribution in [3.05, 3.63) is 40.8 Å². The van der Waals surface area contributed by atoms with Crippen LogP contribution in [0.3, 0.4) is 0 Å². The summed E-state index contributed by atoms with van der Waals surface area (Å²) in [6.45, 7) is 5.23. The number of Topliss-reactive ketones (excluding diaryl/α,β-unsaturated/α-hetero) is 1. The Hall–Kier alpha value is -1.96. The predicted octanol–water partition coefficient (Wildman–Crippen LogP) is 1.12. The van der Waals surface area contributed by atoms with E-state index in [1.165, 1.54) is 18.5 Å². The summed E-state index contributed by atoms with van der Waals surface area (Å²) < 4.78 is 4.99. The van der Waals surface area contributed by atoms with Crippen LogP contribution in [0.2, 0.25) is 5.15 Å². The second-order valence-corrected chi connectivity index (χ2v) is 5.73. The van der Waals surface area contributed by atoms with E-state index in [9.17, 15) is 9.59 Å². The first-order valence-electron chi connectivity index (χ1n) is 7.75. The first-order chi connectivity index (χ1) is 11.5. The molecule has 1 N–H and O–H groups in total. The average molecular weight is 353 g/mol. The highest BCUT2D eigenvalue weighted by molar-refractivity contribution is 6.35. The predicted molar refractivity (Wildman–Crippen MR) is 90.5 cm³/mol. The molecule has 0 saturated carbocycles. The lowest BCUT2D eigenvalue weighted by atomic mass is 10.1. The molecular weight excluding hydrogens is 332 g/mol. The summed E-state index contributed by atoms with van der Waals surface area (Å²) in [5.41, 5.74) is 3.07. The number of carbonyl (C=O) groups is 2. The van der Waals surface area contributed by atoms with Crippen LogP contribution in [0.1, 0.15) is 17.3 Å². The van der Waals surface area contributed by atoms with Crippen LogP contribution in [0.25, 0.3) is 0 Å². The van der Waals surface area contributed by atoms with Gasteiger partial charge in [0.1, 0.15) is 10.7 Å². The second kappa shape index (κ2) is 8.77. The Bertz CT molecular complexity index is 628. The van der Waals surface area contributed by atoms with Crippen LogP contribution in [0, 0.1) is 0 Å². The molecule has 24 heavy (non-hydrogen) atoms. The summed E-state index contributed by atoms with van der Waals surface area (Å²) in [6, 6.07) is 3.12. The zero-order valence-electron chi connectivity index (χ0n) is 13.8. The fraction of sp³-hybridized carbons (Fsp3) is 0.438. The highest BCUT2D eigenvalue weighted by Gasteiger charge is 2.24. The third-order valence-corrected chi connectivity index (χ3v) is 3.94. The van der Waals surface area contributed by atoms with Gasteiger partial charge in [-0.25, -0.2) is 14.8 Å². The zero-order chi connectivity index (χ0) is 17.5. The number of pyridine rings is 1. The third-order valence-electron chi connectivity index (χ3n) is 3.64. The van der Waals surface area contributed by atoms with Crippen molar-refractivity contribution in [2.24, 2.45) is 0 Å². The van der Waals surface area contributed by atoms with Gasteiger partial charge in [-0.2, -0.15) is 0 Å². The lowest BCUT2D eigenvalue weighted by molar-refractivity contribution is -0.138. The fourth-order valence-electron chi connectivity index (χ4n) is 2.22. The number of carbonyl (C=O) groups excluding carboxylic acids is 2. The Morgan fingerprint density at radius 3 is 2.71 bits per heavy atom. The Balaban J connectivity index is 2.18. The Labute approximate surface area is 146 Å². The molecule has 8 heteroatoms. The summed E-state index contributed by atoms with van der Waals surface area (Å²) in [6.07, 6.45) is 2.87. The molecule has 0 aliphatic carbocycles. The number of ketones is 1. The van der Waals surface area contributed by atoms with E-state index in [-0.39, 0.29) is 22.9 Å². The molecule has 2 rings (SSSR count). The van der Waals surface area contributed by atoms with E-state index in [1.807, 2.05) is 12.1 Å². The molecule has 1 fully saturated rings. The maximum absolute atomic E-state index is 12.6. The van der Waals surface area contributed by atoms with E-state index in [4.69, 9.17) is 16.3 Å². The van der Waals surface area contributed by atoms with Crippen molar-refractivity contribution in [2.45, 2.75) is 6.92 Å². The van der Waals surface area contributed by atoms with Gasteiger partial charge < -0.3 is 15.1 Å². The third kappa shape index (κ3) is 4.77. The minimum atomic E-state index is -0.691. The van der Waals surface area contributed by atoms with Crippen molar-refractivity contribution in [3.63, 3.8) is 0 Å². The zero-order valence-corrected chi connectivity index (χ0v) is 14.5. The number of hydrazine groups is 1. The first-order valence-corrected chi connectivity index (χ1v) is 8.13. The molecule has 130 valence electrons. The number of aromatic nitrogens is 1. The Morgan fingerprint density at radius 1 is 1.38 bits per heavy atom. The van der Waals surface area contributed by atoms with E-state index in [2.05, 4.69) is 15.3 Å². The van der Waals surface area contributed by atoms with Crippen molar-refractivity contribution < 1.29 is 14.3 Å². The van der Waals surface area contributed by atoms with E-state index < -0.39 is 11.8 Å². The Kier molecular flexibility index (Phi) is 6.72. The van der Waals surface area contributed by atoms with Gasteiger partial charge in [-0.1, -0.05) is 11.6 Å². The molecule has 1 aromatic rings. The maximum Gasteiger partial charge on any atom is 0.343 e. The number of rotatable bonds is 6. The molecule has 1 aliphatic heterocycles. The van der Waals surface area contributed by atoms with Gasteiger partial charge >= 0.3 is 5.97 Å². The van der Waals surface area contributed by atoms with Gasteiger partial charge in [0.15, 0.2) is 0 Å². The number of nitrogens with zero attached hydrogens (tertiary/aromatic N) is 3. The molecule has 0 aromatic carbocycles. The second-order valence-electron chi connectivity index (χ2n) is 5.37. The van der Waals surface area contributed by atoms with Crippen LogP contribution in [0.4, 0.5) is 0 Å². The minimum Gasteiger partial charge on any atom is -0.462 e. The van der Waals surface area contributed by atoms with Crippen LogP contribution in [-0.2, 0) is 9.53 Å². The molecule has 0 atom stereocenters. The summed E-state index contributed by atoms with van der Waals surface area (Å²) in [4.78, 5) is 30.9. The van der Waals surface area contributed by atoms with Gasteiger partial charge in [0, 0.05) is 38.6 Å². The molecule has 1 saturated heterocycles. The van der Waals surface area contributed by atoms with Crippen LogP contribution < -0.4 is 5.43 Å². The summed E-state index contributed by atoms with van der Waals surface area (Å²) in [5.74, 6) is -1.21. The van der Waals surface area contributed by atoms with Crippen LogP contribution in [0.5, 0.6) is 0 Å². The largest absolute Gasteiger partial charge is 0.462 e. The highest BCUT2D eigenvalue weighted by atomic mass is 35.5. The standard InChI is InChI=1S/C16H21ClN4O3/c1-3-24-16(23)13(11-19-21-9-7-20(2)8-10-21)14(22)12-5-4-6-18-15(12)17/h4-6,11,19H,3,7-10H2,1-2H3/b13-11+. The fourth-order valence-corrected chi connectivity index (χ4v) is 2.42. The molecule has 1 aliphatic rings. The molecule has 7 nitrogen and oxygen atoms in total. The van der Waals surface area contributed by atoms with E-state index >= 15 is 0 Å². The smallest absolute Gasteiger partial charge is 0.343 e. The number of nitrogens with one attached hydrogen (secondary N) is 1. The molecule has 0 radical (unpaired) electrons. The van der Waals surface area contributed by atoms with Gasteiger partial charge in [-0.05, 0) is 26.1 Å². The van der Waals surface area contributed by atoms with Crippen molar-refractivity contribution in [1.82, 2.24) is 20.3 Å². The van der Waals surface area contributed by atoms with Gasteiger partial charge in [0.25, 0.3) is 0 Å². The quantitative estimate of drug-likeness (QED) is 0.205. The maximum atomic E-state index is 12.6. The number of halogens is 1. The molecule has 0 bridgehead atoms. The van der Waals surface area contributed by atoms with Crippen molar-refractivity contribution >= 4 is 23.4 Å². The number of piperazine rings is 1. The van der Waals surface area contributed by atoms with Crippen LogP contribution >= 0.6 is 11.6 Å². The van der Waals surface area contributed by atoms with E-state index in [0.29, 0.717) is 0 Å². The summed E-state index contributed by atoms with van der Waals surface area (Å²) in [7, 11) is 2.05. The van der Waals surface area contributed by atoms with Gasteiger partial charge in [-0.15, -0.1) is 0 Å². The first kappa shape index (κ1) is 18.4. The highest BCUT2D eigenvalue weighted by Crippen LogP contribution is 2.17. The average Bonchev–Trinajstić information content (AvgIpc) is 2.57. The monoisotopic (exact) mass is 352 g/mol. The minimum absolute atomic E-state index is 0.0531. The molecule has 0 unspecified atom stereocenters. The van der Waals surface area contributed by atoms with Gasteiger partial charge in [-0.3, -0.25) is 4.79 Å². The molecule has 2 heterocycles. The molecular formula is C16H21ClN4O3. The molecule has 0 amide bonds. The van der Waals surface area contributed by atoms with Gasteiger partial charge in [0.05, 0.1) is 12.2 Å². The number of ether oxygens (including phenoxy) is 1. The van der Waals surface area contributed by atoms with Crippen molar-refractivity contribution in [1.29, 1.82) is 0 Å². The molecule has 0 spiro atoms. The SMILES string of the molecule is CCOC(=O)/C(=C/NN1CCN(C)CC1)C(=O)c1cccnc1Cl. The number of esters is 1. The summed E-state index contributed by atoms with van der Waals surface area (Å²) in [5, 5.41) is 1.99. The number of likely N-dealkylation sites (N-methyl/N-ethyl adjacent to an activating group) is 1. The lowest BCUT2D eigenvalue weighted by Gasteiger charge is -2.32. The van der Waals surface area contributed by atoms with Crippen LogP contribution in [0.15, 0.2) is 30.1 Å². The molecule has 1 aromatic heterocycles. The lowest BCUT2D eigenvalue weighted by Crippen LogP contribution is -2.49. The summed E-state index contributed by atoms with van der Waals surface area (Å²) >= 11 is 5.96. The number of hydrogen-bond donors (Lipinski definition) is 1. The van der Waals surface area contributed by atoms with E-state index in [0.717, 1.165) is 26.2 Å². The van der Waals surface area contributed by atoms with E-state index in [1.54, 1.807) is 13.0 Å². The topological polar surface area (TPSA) is 74.8 Å². The van der Waals surface area contributed by atoms with Crippen molar-refractivity contribution in [2.75, 3.05) is 39.8 Å². The Morgan fingerprint density at radius 2 is 2.08 bits per heavy atom. The van der Waals surface area contributed by atoms with Gasteiger partial charge in [0.2, 0.25) is 5.78 Å². The normalized spacial score (nSPS) is 16.7. The number of hydrogen-bond acceptors (Lipinski definition) is 7. The van der Waals surface area contributed by atoms with Crippen molar-refractivity contribution in [3.8, 4) is 0 Å². The van der Waals surface area contributed by atoms with Crippen LogP contribution in [-0.4, -0.2) is 66.5 Å².